The normalized spacial score (nSPS) is 12.2. The average Bonchev–Trinajstić information content (AvgIpc) is 2.47. The zero-order valence-corrected chi connectivity index (χ0v) is 8.86. The monoisotopic (exact) mass is 209 g/mol. The molecule has 14 heavy (non-hydrogen) atoms. The molecule has 74 valence electrons. The first-order valence-electron chi connectivity index (χ1n) is 4.17. The standard InChI is InChI=1S/C8H11N5S/c1-8(2,14)13-7-5(3-12-13)6(9)10-4-11-7/h3-4,14H,1-2H3,(H2,9,10,11). The van der Waals surface area contributed by atoms with Crippen molar-refractivity contribution in [1.82, 2.24) is 19.7 Å². The molecule has 0 atom stereocenters. The zero-order chi connectivity index (χ0) is 10.3. The molecular formula is C8H11N5S. The number of nitrogens with two attached hydrogens (primary N) is 1. The molecule has 2 aromatic heterocycles. The van der Waals surface area contributed by atoms with Crippen molar-refractivity contribution in [2.45, 2.75) is 18.7 Å². The van der Waals surface area contributed by atoms with Crippen molar-refractivity contribution in [3.63, 3.8) is 0 Å². The summed E-state index contributed by atoms with van der Waals surface area (Å²) in [5.74, 6) is 0.443. The fourth-order valence-electron chi connectivity index (χ4n) is 1.26. The highest BCUT2D eigenvalue weighted by atomic mass is 32.1. The van der Waals surface area contributed by atoms with E-state index in [1.165, 1.54) is 6.33 Å². The van der Waals surface area contributed by atoms with E-state index < -0.39 is 4.87 Å². The molecule has 0 amide bonds. The van der Waals surface area contributed by atoms with Crippen LogP contribution in [0.5, 0.6) is 0 Å². The van der Waals surface area contributed by atoms with Gasteiger partial charge in [-0.3, -0.25) is 0 Å². The van der Waals surface area contributed by atoms with Gasteiger partial charge >= 0.3 is 0 Å². The van der Waals surface area contributed by atoms with Gasteiger partial charge in [0.05, 0.1) is 11.6 Å². The lowest BCUT2D eigenvalue weighted by Crippen LogP contribution is -2.20. The first-order valence-corrected chi connectivity index (χ1v) is 4.62. The number of hydrogen-bond donors (Lipinski definition) is 2. The second-order valence-corrected chi connectivity index (χ2v) is 4.64. The van der Waals surface area contributed by atoms with E-state index in [9.17, 15) is 0 Å². The van der Waals surface area contributed by atoms with Crippen LogP contribution in [0.1, 0.15) is 13.8 Å². The summed E-state index contributed by atoms with van der Waals surface area (Å²) < 4.78 is 1.71. The van der Waals surface area contributed by atoms with E-state index in [0.29, 0.717) is 11.5 Å². The van der Waals surface area contributed by atoms with Crippen molar-refractivity contribution in [2.24, 2.45) is 0 Å². The minimum absolute atomic E-state index is 0.400. The maximum atomic E-state index is 5.68. The highest BCUT2D eigenvalue weighted by molar-refractivity contribution is 7.81. The molecule has 0 aliphatic carbocycles. The van der Waals surface area contributed by atoms with E-state index >= 15 is 0 Å². The summed E-state index contributed by atoms with van der Waals surface area (Å²) in [4.78, 5) is 7.62. The zero-order valence-electron chi connectivity index (χ0n) is 7.97. The van der Waals surface area contributed by atoms with Crippen molar-refractivity contribution in [1.29, 1.82) is 0 Å². The van der Waals surface area contributed by atoms with Gasteiger partial charge in [0.25, 0.3) is 0 Å². The van der Waals surface area contributed by atoms with E-state index in [4.69, 9.17) is 5.73 Å². The number of rotatable bonds is 1. The van der Waals surface area contributed by atoms with Crippen LogP contribution in [0, 0.1) is 0 Å². The van der Waals surface area contributed by atoms with E-state index in [2.05, 4.69) is 27.7 Å². The molecule has 0 bridgehead atoms. The summed E-state index contributed by atoms with van der Waals surface area (Å²) in [5.41, 5.74) is 6.39. The number of hydrogen-bond acceptors (Lipinski definition) is 5. The number of nitrogens with zero attached hydrogens (tertiary/aromatic N) is 4. The van der Waals surface area contributed by atoms with Crippen molar-refractivity contribution in [3.8, 4) is 0 Å². The molecule has 0 unspecified atom stereocenters. The Bertz CT molecular complexity index is 470. The smallest absolute Gasteiger partial charge is 0.164 e. The van der Waals surface area contributed by atoms with Gasteiger partial charge in [0.15, 0.2) is 5.65 Å². The Morgan fingerprint density at radius 3 is 2.79 bits per heavy atom. The van der Waals surface area contributed by atoms with Crippen LogP contribution in [-0.4, -0.2) is 19.7 Å². The van der Waals surface area contributed by atoms with Gasteiger partial charge in [0.2, 0.25) is 0 Å². The number of fused-ring (bicyclic) bond motifs is 1. The summed E-state index contributed by atoms with van der Waals surface area (Å²) in [6.07, 6.45) is 3.08. The van der Waals surface area contributed by atoms with Crippen LogP contribution in [0.3, 0.4) is 0 Å². The topological polar surface area (TPSA) is 69.6 Å². The molecule has 0 fully saturated rings. The fourth-order valence-corrected chi connectivity index (χ4v) is 1.41. The quantitative estimate of drug-likeness (QED) is 0.688. The fraction of sp³-hybridized carbons (Fsp3) is 0.375. The van der Waals surface area contributed by atoms with Gasteiger partial charge in [-0.05, 0) is 13.8 Å². The lowest BCUT2D eigenvalue weighted by Gasteiger charge is -2.18. The van der Waals surface area contributed by atoms with E-state index in [-0.39, 0.29) is 0 Å². The molecule has 0 aliphatic heterocycles. The Hall–Kier alpha value is -1.30. The second kappa shape index (κ2) is 2.84. The predicted octanol–water partition coefficient (Wildman–Crippen LogP) is 1.03. The molecule has 0 aliphatic rings. The van der Waals surface area contributed by atoms with Gasteiger partial charge in [-0.15, -0.1) is 12.6 Å². The Morgan fingerprint density at radius 2 is 2.14 bits per heavy atom. The maximum absolute atomic E-state index is 5.68. The average molecular weight is 209 g/mol. The Morgan fingerprint density at radius 1 is 1.43 bits per heavy atom. The third kappa shape index (κ3) is 1.31. The first-order chi connectivity index (χ1) is 6.50. The highest BCUT2D eigenvalue weighted by Crippen LogP contribution is 2.24. The van der Waals surface area contributed by atoms with Crippen LogP contribution in [0.2, 0.25) is 0 Å². The summed E-state index contributed by atoms with van der Waals surface area (Å²) >= 11 is 4.42. The Balaban J connectivity index is 2.76. The Kier molecular flexibility index (Phi) is 1.88. The van der Waals surface area contributed by atoms with Crippen LogP contribution in [0.15, 0.2) is 12.5 Å². The first kappa shape index (κ1) is 9.26. The molecule has 6 heteroatoms. The summed E-state index contributed by atoms with van der Waals surface area (Å²) in [5, 5.41) is 4.94. The molecule has 2 heterocycles. The van der Waals surface area contributed by atoms with Crippen molar-refractivity contribution < 1.29 is 0 Å². The molecule has 0 saturated carbocycles. The lowest BCUT2D eigenvalue weighted by atomic mass is 10.3. The van der Waals surface area contributed by atoms with Crippen LogP contribution >= 0.6 is 12.6 Å². The molecule has 0 radical (unpaired) electrons. The molecule has 2 rings (SSSR count). The number of aromatic nitrogens is 4. The lowest BCUT2D eigenvalue weighted by molar-refractivity contribution is 0.495. The van der Waals surface area contributed by atoms with Crippen LogP contribution < -0.4 is 5.73 Å². The number of thiol groups is 1. The molecule has 0 spiro atoms. The predicted molar refractivity (Wildman–Crippen MR) is 58.0 cm³/mol. The maximum Gasteiger partial charge on any atom is 0.164 e. The summed E-state index contributed by atoms with van der Waals surface area (Å²) in [6.45, 7) is 3.86. The number of nitrogen functional groups attached to an aromatic ring is 1. The van der Waals surface area contributed by atoms with Gasteiger partial charge in [0, 0.05) is 0 Å². The third-order valence-electron chi connectivity index (χ3n) is 1.91. The minimum atomic E-state index is -0.400. The molecule has 0 aromatic carbocycles. The highest BCUT2D eigenvalue weighted by Gasteiger charge is 2.19. The van der Waals surface area contributed by atoms with E-state index in [0.717, 1.165) is 5.39 Å². The molecule has 5 nitrogen and oxygen atoms in total. The molecule has 2 aromatic rings. The van der Waals surface area contributed by atoms with E-state index in [1.807, 2.05) is 13.8 Å². The van der Waals surface area contributed by atoms with Gasteiger partial charge in [-0.2, -0.15) is 5.10 Å². The van der Waals surface area contributed by atoms with Gasteiger partial charge < -0.3 is 5.73 Å². The van der Waals surface area contributed by atoms with Crippen LogP contribution in [0.25, 0.3) is 11.0 Å². The van der Waals surface area contributed by atoms with Crippen molar-refractivity contribution in [2.75, 3.05) is 5.73 Å². The third-order valence-corrected chi connectivity index (χ3v) is 2.10. The van der Waals surface area contributed by atoms with Gasteiger partial charge in [-0.25, -0.2) is 14.6 Å². The number of anilines is 1. The SMILES string of the molecule is CC(C)(S)n1ncc2c(N)ncnc21. The van der Waals surface area contributed by atoms with Crippen LogP contribution in [-0.2, 0) is 4.87 Å². The summed E-state index contributed by atoms with van der Waals surface area (Å²) in [6, 6.07) is 0. The van der Waals surface area contributed by atoms with E-state index in [1.54, 1.807) is 10.9 Å². The molecule has 2 N–H and O–H groups in total. The largest absolute Gasteiger partial charge is 0.383 e. The van der Waals surface area contributed by atoms with Gasteiger partial charge in [-0.1, -0.05) is 0 Å². The molecule has 0 saturated heterocycles. The van der Waals surface area contributed by atoms with Gasteiger partial charge in [0.1, 0.15) is 17.0 Å². The molecular weight excluding hydrogens is 198 g/mol. The second-order valence-electron chi connectivity index (χ2n) is 3.55. The Labute approximate surface area is 86.7 Å². The van der Waals surface area contributed by atoms with Crippen molar-refractivity contribution >= 4 is 29.5 Å². The summed E-state index contributed by atoms with van der Waals surface area (Å²) in [7, 11) is 0. The van der Waals surface area contributed by atoms with Crippen LogP contribution in [0.4, 0.5) is 5.82 Å². The van der Waals surface area contributed by atoms with Crippen molar-refractivity contribution in [3.05, 3.63) is 12.5 Å². The minimum Gasteiger partial charge on any atom is -0.383 e.